The van der Waals surface area contributed by atoms with E-state index in [1.807, 2.05) is 54.6 Å². The Kier molecular flexibility index (Phi) is 12.8. The number of amides is 3. The van der Waals surface area contributed by atoms with Crippen LogP contribution in [0.1, 0.15) is 36.0 Å². The molecule has 2 aromatic rings. The Morgan fingerprint density at radius 2 is 1.67 bits per heavy atom. The second kappa shape index (κ2) is 16.7. The maximum Gasteiger partial charge on any atom is 0.408 e. The van der Waals surface area contributed by atoms with Gasteiger partial charge in [0.15, 0.2) is 0 Å². The minimum absolute atomic E-state index is 0.0159. The van der Waals surface area contributed by atoms with Gasteiger partial charge in [-0.1, -0.05) is 66.7 Å². The van der Waals surface area contributed by atoms with Crippen LogP contribution in [-0.2, 0) is 43.4 Å². The summed E-state index contributed by atoms with van der Waals surface area (Å²) >= 11 is 0. The smallest absolute Gasteiger partial charge is 0.408 e. The van der Waals surface area contributed by atoms with Gasteiger partial charge >= 0.3 is 12.1 Å². The molecule has 0 aliphatic carbocycles. The molecular formula is C32H39N3O7. The van der Waals surface area contributed by atoms with Gasteiger partial charge in [-0.25, -0.2) is 9.59 Å². The van der Waals surface area contributed by atoms with Gasteiger partial charge in [-0.3, -0.25) is 9.59 Å². The Labute approximate surface area is 246 Å². The lowest BCUT2D eigenvalue weighted by Crippen LogP contribution is -2.47. The standard InChI is InChI=1S/C32H39N3O7/c1-3-10-25(19-29(37)35-20-26-15-9-8-14-24(26)18-27(35)21-36)30(38)33-16-17-41-31(39)28(11-4-2)34-32(40)42-22-23-12-6-5-7-13-23/h3-9,12-15,25,27-28,36H,1-2,10-11,16-22H2,(H,33,38)(H,34,40). The van der Waals surface area contributed by atoms with E-state index in [1.54, 1.807) is 11.0 Å². The summed E-state index contributed by atoms with van der Waals surface area (Å²) in [6, 6.07) is 15.6. The second-order valence-corrected chi connectivity index (χ2v) is 10.00. The third-order valence-corrected chi connectivity index (χ3v) is 6.97. The molecule has 0 bridgehead atoms. The number of aliphatic hydroxyl groups is 1. The van der Waals surface area contributed by atoms with Crippen molar-refractivity contribution in [2.45, 2.75) is 50.9 Å². The largest absolute Gasteiger partial charge is 0.462 e. The molecule has 224 valence electrons. The van der Waals surface area contributed by atoms with Gasteiger partial charge in [0.1, 0.15) is 19.3 Å². The van der Waals surface area contributed by atoms with Crippen molar-refractivity contribution in [1.29, 1.82) is 0 Å². The highest BCUT2D eigenvalue weighted by molar-refractivity contribution is 5.86. The minimum atomic E-state index is -0.998. The van der Waals surface area contributed by atoms with Crippen LogP contribution in [0.2, 0.25) is 0 Å². The zero-order chi connectivity index (χ0) is 30.3. The van der Waals surface area contributed by atoms with Gasteiger partial charge in [-0.15, -0.1) is 13.2 Å². The third-order valence-electron chi connectivity index (χ3n) is 6.97. The van der Waals surface area contributed by atoms with Crippen LogP contribution in [0.5, 0.6) is 0 Å². The molecule has 0 aromatic heterocycles. The summed E-state index contributed by atoms with van der Waals surface area (Å²) in [4.78, 5) is 52.5. The number of carbonyl (C=O) groups is 4. The van der Waals surface area contributed by atoms with Crippen molar-refractivity contribution in [2.75, 3.05) is 19.8 Å². The van der Waals surface area contributed by atoms with Crippen LogP contribution in [0.15, 0.2) is 79.9 Å². The average molecular weight is 578 g/mol. The van der Waals surface area contributed by atoms with E-state index >= 15 is 0 Å². The Morgan fingerprint density at radius 3 is 2.36 bits per heavy atom. The summed E-state index contributed by atoms with van der Waals surface area (Å²) in [7, 11) is 0. The number of esters is 1. The first-order valence-corrected chi connectivity index (χ1v) is 14.0. The summed E-state index contributed by atoms with van der Waals surface area (Å²) in [6.45, 7) is 7.45. The fourth-order valence-corrected chi connectivity index (χ4v) is 4.71. The first kappa shape index (κ1) is 32.1. The number of hydrogen-bond acceptors (Lipinski definition) is 7. The van der Waals surface area contributed by atoms with Crippen molar-refractivity contribution in [3.63, 3.8) is 0 Å². The van der Waals surface area contributed by atoms with Crippen molar-refractivity contribution in [2.24, 2.45) is 5.92 Å². The van der Waals surface area contributed by atoms with Gasteiger partial charge in [-0.2, -0.15) is 0 Å². The van der Waals surface area contributed by atoms with E-state index in [1.165, 1.54) is 6.08 Å². The van der Waals surface area contributed by atoms with E-state index in [0.717, 1.165) is 16.7 Å². The number of fused-ring (bicyclic) bond motifs is 1. The second-order valence-electron chi connectivity index (χ2n) is 10.00. The molecule has 0 saturated heterocycles. The molecule has 10 heteroatoms. The van der Waals surface area contributed by atoms with E-state index in [-0.39, 0.29) is 63.5 Å². The molecule has 3 atom stereocenters. The van der Waals surface area contributed by atoms with E-state index in [0.29, 0.717) is 13.0 Å². The van der Waals surface area contributed by atoms with Crippen LogP contribution in [0.4, 0.5) is 4.79 Å². The van der Waals surface area contributed by atoms with Crippen molar-refractivity contribution in [3.05, 3.63) is 96.6 Å². The molecule has 1 aliphatic rings. The van der Waals surface area contributed by atoms with Crippen molar-refractivity contribution in [1.82, 2.24) is 15.5 Å². The number of nitrogens with one attached hydrogen (secondary N) is 2. The summed E-state index contributed by atoms with van der Waals surface area (Å²) in [5, 5.41) is 15.1. The topological polar surface area (TPSA) is 134 Å². The molecular weight excluding hydrogens is 538 g/mol. The summed E-state index contributed by atoms with van der Waals surface area (Å²) < 4.78 is 10.4. The highest BCUT2D eigenvalue weighted by Crippen LogP contribution is 2.25. The van der Waals surface area contributed by atoms with Crippen LogP contribution in [-0.4, -0.2) is 65.7 Å². The Morgan fingerprint density at radius 1 is 0.976 bits per heavy atom. The molecule has 2 aromatic carbocycles. The quantitative estimate of drug-likeness (QED) is 0.168. The first-order valence-electron chi connectivity index (χ1n) is 14.0. The maximum atomic E-state index is 13.2. The third kappa shape index (κ3) is 9.59. The SMILES string of the molecule is C=CCC(CC(=O)N1Cc2ccccc2CC1CO)C(=O)NCCOC(=O)C(CC=C)NC(=O)OCc1ccccc1. The molecule has 0 spiro atoms. The lowest BCUT2D eigenvalue weighted by atomic mass is 9.92. The number of ether oxygens (including phenoxy) is 2. The molecule has 1 heterocycles. The number of hydrogen-bond donors (Lipinski definition) is 3. The van der Waals surface area contributed by atoms with Crippen molar-refractivity contribution in [3.8, 4) is 0 Å². The van der Waals surface area contributed by atoms with E-state index in [9.17, 15) is 24.3 Å². The highest BCUT2D eigenvalue weighted by atomic mass is 16.6. The zero-order valence-corrected chi connectivity index (χ0v) is 23.7. The molecule has 3 rings (SSSR count). The number of aliphatic hydroxyl groups excluding tert-OH is 1. The first-order chi connectivity index (χ1) is 20.4. The summed E-state index contributed by atoms with van der Waals surface area (Å²) in [5.41, 5.74) is 2.93. The molecule has 3 unspecified atom stereocenters. The van der Waals surface area contributed by atoms with Crippen LogP contribution < -0.4 is 10.6 Å². The van der Waals surface area contributed by atoms with Gasteiger partial charge < -0.3 is 30.1 Å². The Bertz CT molecular complexity index is 1230. The Balaban J connectivity index is 1.45. The molecule has 0 radical (unpaired) electrons. The summed E-state index contributed by atoms with van der Waals surface area (Å²) in [6.07, 6.45) is 3.20. The molecule has 10 nitrogen and oxygen atoms in total. The van der Waals surface area contributed by atoms with Crippen LogP contribution >= 0.6 is 0 Å². The van der Waals surface area contributed by atoms with Crippen LogP contribution in [0.3, 0.4) is 0 Å². The highest BCUT2D eigenvalue weighted by Gasteiger charge is 2.31. The van der Waals surface area contributed by atoms with E-state index in [4.69, 9.17) is 9.47 Å². The van der Waals surface area contributed by atoms with Gasteiger partial charge in [0.05, 0.1) is 25.1 Å². The predicted octanol–water partition coefficient (Wildman–Crippen LogP) is 3.05. The lowest BCUT2D eigenvalue weighted by molar-refractivity contribution is -0.146. The molecule has 0 fully saturated rings. The number of alkyl carbamates (subject to hydrolysis) is 1. The fraction of sp³-hybridized carbons (Fsp3) is 0.375. The van der Waals surface area contributed by atoms with Gasteiger partial charge in [-0.05, 0) is 36.0 Å². The van der Waals surface area contributed by atoms with Crippen LogP contribution in [0.25, 0.3) is 0 Å². The number of allylic oxidation sites excluding steroid dienone is 1. The number of carbonyl (C=O) groups excluding carboxylic acids is 4. The number of rotatable bonds is 15. The van der Waals surface area contributed by atoms with Crippen molar-refractivity contribution < 1.29 is 33.8 Å². The van der Waals surface area contributed by atoms with Gasteiger partial charge in [0.2, 0.25) is 11.8 Å². The molecule has 0 saturated carbocycles. The minimum Gasteiger partial charge on any atom is -0.462 e. The molecule has 3 N–H and O–H groups in total. The fourth-order valence-electron chi connectivity index (χ4n) is 4.71. The number of nitrogens with zero attached hydrogens (tertiary/aromatic N) is 1. The van der Waals surface area contributed by atoms with Crippen molar-refractivity contribution >= 4 is 23.9 Å². The lowest BCUT2D eigenvalue weighted by Gasteiger charge is -2.36. The summed E-state index contributed by atoms with van der Waals surface area (Å²) in [5.74, 6) is -1.96. The maximum absolute atomic E-state index is 13.2. The average Bonchev–Trinajstić information content (AvgIpc) is 3.01. The van der Waals surface area contributed by atoms with E-state index < -0.39 is 24.0 Å². The predicted molar refractivity (Wildman–Crippen MR) is 157 cm³/mol. The van der Waals surface area contributed by atoms with E-state index in [2.05, 4.69) is 23.8 Å². The number of benzene rings is 2. The molecule has 42 heavy (non-hydrogen) atoms. The molecule has 1 aliphatic heterocycles. The normalized spacial score (nSPS) is 15.4. The zero-order valence-electron chi connectivity index (χ0n) is 23.7. The molecule has 3 amide bonds. The Hall–Kier alpha value is -4.44. The van der Waals surface area contributed by atoms with Gasteiger partial charge in [0.25, 0.3) is 0 Å². The van der Waals surface area contributed by atoms with Crippen LogP contribution in [0, 0.1) is 5.92 Å². The monoisotopic (exact) mass is 577 g/mol. The van der Waals surface area contributed by atoms with Gasteiger partial charge in [0, 0.05) is 13.0 Å².